The van der Waals surface area contributed by atoms with E-state index in [0.717, 1.165) is 10.0 Å². The fourth-order valence-electron chi connectivity index (χ4n) is 4.56. The number of aromatic nitrogens is 1. The number of ether oxygens (including phenoxy) is 2. The number of fused-ring (bicyclic) bond motifs is 1. The topological polar surface area (TPSA) is 115 Å². The Bertz CT molecular complexity index is 1160. The van der Waals surface area contributed by atoms with Gasteiger partial charge in [0.2, 0.25) is 5.91 Å². The Hall–Kier alpha value is -2.94. The van der Waals surface area contributed by atoms with Gasteiger partial charge in [0, 0.05) is 10.9 Å². The molecule has 0 saturated heterocycles. The SMILES string of the molecule is COc1cncc2c1[C@](O)([C@H](O)C(C)C(N)=O)[C@@](Cc1ccccc1)(c1ccc(Br)cc1)O2. The molecule has 0 radical (unpaired) electrons. The summed E-state index contributed by atoms with van der Waals surface area (Å²) in [6, 6.07) is 16.8. The number of hydrogen-bond donors (Lipinski definition) is 3. The highest BCUT2D eigenvalue weighted by atomic mass is 79.9. The molecule has 33 heavy (non-hydrogen) atoms. The van der Waals surface area contributed by atoms with Crippen LogP contribution in [0, 0.1) is 5.92 Å². The molecule has 0 aliphatic carbocycles. The predicted molar refractivity (Wildman–Crippen MR) is 126 cm³/mol. The van der Waals surface area contributed by atoms with Gasteiger partial charge in [-0.25, -0.2) is 0 Å². The molecule has 1 aliphatic rings. The molecule has 0 bridgehead atoms. The maximum Gasteiger partial charge on any atom is 0.222 e. The molecule has 7 nitrogen and oxygen atoms in total. The first-order valence-electron chi connectivity index (χ1n) is 10.5. The van der Waals surface area contributed by atoms with Gasteiger partial charge in [0.25, 0.3) is 0 Å². The minimum Gasteiger partial charge on any atom is -0.495 e. The number of pyridine rings is 1. The Kier molecular flexibility index (Phi) is 6.18. The molecule has 0 spiro atoms. The van der Waals surface area contributed by atoms with Crippen LogP contribution in [0.5, 0.6) is 11.5 Å². The number of amides is 1. The Morgan fingerprint density at radius 3 is 2.45 bits per heavy atom. The van der Waals surface area contributed by atoms with E-state index in [1.807, 2.05) is 54.6 Å². The zero-order valence-corrected chi connectivity index (χ0v) is 19.8. The van der Waals surface area contributed by atoms with E-state index >= 15 is 0 Å². The number of halogens is 1. The Morgan fingerprint density at radius 2 is 1.85 bits per heavy atom. The first kappa shape index (κ1) is 23.2. The second-order valence-electron chi connectivity index (χ2n) is 8.22. The summed E-state index contributed by atoms with van der Waals surface area (Å²) in [6.45, 7) is 1.48. The normalized spacial score (nSPS) is 23.3. The zero-order chi connectivity index (χ0) is 23.8. The molecule has 8 heteroatoms. The van der Waals surface area contributed by atoms with Crippen LogP contribution in [0.25, 0.3) is 0 Å². The van der Waals surface area contributed by atoms with Crippen LogP contribution >= 0.6 is 15.9 Å². The average Bonchev–Trinajstić information content (AvgIpc) is 3.08. The van der Waals surface area contributed by atoms with Crippen LogP contribution in [-0.2, 0) is 22.4 Å². The molecular weight excluding hydrogens is 488 g/mol. The van der Waals surface area contributed by atoms with Crippen LogP contribution < -0.4 is 15.2 Å². The summed E-state index contributed by atoms with van der Waals surface area (Å²) >= 11 is 3.45. The number of aliphatic hydroxyl groups is 2. The third-order valence-corrected chi connectivity index (χ3v) is 6.86. The minimum absolute atomic E-state index is 0.187. The largest absolute Gasteiger partial charge is 0.495 e. The van der Waals surface area contributed by atoms with Gasteiger partial charge in [-0.05, 0) is 23.3 Å². The highest BCUT2D eigenvalue weighted by Gasteiger charge is 2.66. The number of aliphatic hydroxyl groups excluding tert-OH is 1. The molecule has 3 aromatic rings. The maximum atomic E-state index is 12.5. The van der Waals surface area contributed by atoms with Gasteiger partial charge in [-0.2, -0.15) is 0 Å². The first-order valence-corrected chi connectivity index (χ1v) is 11.2. The molecule has 0 saturated carbocycles. The van der Waals surface area contributed by atoms with E-state index < -0.39 is 29.1 Å². The van der Waals surface area contributed by atoms with Crippen molar-refractivity contribution in [2.24, 2.45) is 11.7 Å². The van der Waals surface area contributed by atoms with Crippen molar-refractivity contribution in [1.29, 1.82) is 0 Å². The lowest BCUT2D eigenvalue weighted by Crippen LogP contribution is -2.60. The van der Waals surface area contributed by atoms with Crippen LogP contribution in [0.3, 0.4) is 0 Å². The third kappa shape index (κ3) is 3.68. The number of carbonyl (C=O) groups is 1. The number of benzene rings is 2. The van der Waals surface area contributed by atoms with Crippen molar-refractivity contribution in [3.63, 3.8) is 0 Å². The fraction of sp³-hybridized carbons (Fsp3) is 0.280. The quantitative estimate of drug-likeness (QED) is 0.448. The molecule has 172 valence electrons. The van der Waals surface area contributed by atoms with Crippen molar-refractivity contribution in [3.8, 4) is 11.5 Å². The van der Waals surface area contributed by atoms with E-state index in [-0.39, 0.29) is 23.5 Å². The second-order valence-corrected chi connectivity index (χ2v) is 9.13. The lowest BCUT2D eigenvalue weighted by molar-refractivity contribution is -0.196. The molecule has 4 atom stereocenters. The Morgan fingerprint density at radius 1 is 1.18 bits per heavy atom. The molecule has 0 fully saturated rings. The monoisotopic (exact) mass is 512 g/mol. The van der Waals surface area contributed by atoms with Gasteiger partial charge in [0.1, 0.15) is 17.6 Å². The molecular formula is C25H25BrN2O5. The number of hydrogen-bond acceptors (Lipinski definition) is 6. The smallest absolute Gasteiger partial charge is 0.222 e. The average molecular weight is 513 g/mol. The molecule has 2 heterocycles. The molecule has 1 aliphatic heterocycles. The molecule has 1 aromatic heterocycles. The number of carbonyl (C=O) groups excluding carboxylic acids is 1. The molecule has 1 unspecified atom stereocenters. The van der Waals surface area contributed by atoms with Crippen LogP contribution in [0.1, 0.15) is 23.6 Å². The van der Waals surface area contributed by atoms with Gasteiger partial charge in [-0.3, -0.25) is 9.78 Å². The van der Waals surface area contributed by atoms with Gasteiger partial charge in [0.15, 0.2) is 11.2 Å². The van der Waals surface area contributed by atoms with E-state index in [0.29, 0.717) is 5.56 Å². The molecule has 1 amide bonds. The van der Waals surface area contributed by atoms with Gasteiger partial charge in [0.05, 0.1) is 31.0 Å². The lowest BCUT2D eigenvalue weighted by atomic mass is 9.66. The van der Waals surface area contributed by atoms with E-state index in [2.05, 4.69) is 20.9 Å². The summed E-state index contributed by atoms with van der Waals surface area (Å²) in [5.74, 6) is -1.35. The highest BCUT2D eigenvalue weighted by molar-refractivity contribution is 9.10. The summed E-state index contributed by atoms with van der Waals surface area (Å²) in [5.41, 5.74) is 3.62. The van der Waals surface area contributed by atoms with Crippen molar-refractivity contribution in [2.75, 3.05) is 7.11 Å². The number of rotatable bonds is 7. The van der Waals surface area contributed by atoms with Crippen LogP contribution in [0.4, 0.5) is 0 Å². The highest BCUT2D eigenvalue weighted by Crippen LogP contribution is 2.59. The Labute approximate surface area is 200 Å². The van der Waals surface area contributed by atoms with Gasteiger partial charge >= 0.3 is 0 Å². The number of methoxy groups -OCH3 is 1. The van der Waals surface area contributed by atoms with Crippen molar-refractivity contribution in [2.45, 2.75) is 30.7 Å². The van der Waals surface area contributed by atoms with Crippen LogP contribution in [0.2, 0.25) is 0 Å². The number of primary amides is 1. The van der Waals surface area contributed by atoms with E-state index in [9.17, 15) is 15.0 Å². The van der Waals surface area contributed by atoms with Gasteiger partial charge in [-0.1, -0.05) is 65.3 Å². The second kappa shape index (κ2) is 8.78. The van der Waals surface area contributed by atoms with Crippen LogP contribution in [-0.4, -0.2) is 34.3 Å². The lowest BCUT2D eigenvalue weighted by Gasteiger charge is -2.45. The Balaban J connectivity index is 2.04. The summed E-state index contributed by atoms with van der Waals surface area (Å²) in [5, 5.41) is 24.1. The van der Waals surface area contributed by atoms with Crippen molar-refractivity contribution in [1.82, 2.24) is 4.98 Å². The van der Waals surface area contributed by atoms with E-state index in [1.54, 1.807) is 0 Å². The standard InChI is InChI=1S/C25H25BrN2O5/c1-15(23(27)30)22(29)25(31)21-19(32-2)13-28-14-20(21)33-24(25,12-16-6-4-3-5-7-16)17-8-10-18(26)11-9-17/h3-11,13-15,22,29,31H,12H2,1-2H3,(H2,27,30)/t15?,22-,24-,25+/m1/s1. The predicted octanol–water partition coefficient (Wildman–Crippen LogP) is 3.05. The van der Waals surface area contributed by atoms with Crippen molar-refractivity contribution >= 4 is 21.8 Å². The summed E-state index contributed by atoms with van der Waals surface area (Å²) < 4.78 is 12.9. The molecule has 2 aromatic carbocycles. The summed E-state index contributed by atoms with van der Waals surface area (Å²) in [4.78, 5) is 16.3. The molecule has 4 N–H and O–H groups in total. The van der Waals surface area contributed by atoms with Crippen LogP contribution in [0.15, 0.2) is 71.5 Å². The van der Waals surface area contributed by atoms with Gasteiger partial charge in [-0.15, -0.1) is 0 Å². The minimum atomic E-state index is -2.10. The fourth-order valence-corrected chi connectivity index (χ4v) is 4.82. The number of nitrogens with zero attached hydrogens (tertiary/aromatic N) is 1. The summed E-state index contributed by atoms with van der Waals surface area (Å²) in [7, 11) is 1.44. The zero-order valence-electron chi connectivity index (χ0n) is 18.2. The van der Waals surface area contributed by atoms with E-state index in [4.69, 9.17) is 15.2 Å². The third-order valence-electron chi connectivity index (χ3n) is 6.33. The van der Waals surface area contributed by atoms with E-state index in [1.165, 1.54) is 26.4 Å². The van der Waals surface area contributed by atoms with Crippen molar-refractivity contribution in [3.05, 3.63) is 88.2 Å². The summed E-state index contributed by atoms with van der Waals surface area (Å²) in [6.07, 6.45) is 1.48. The maximum absolute atomic E-state index is 12.5. The van der Waals surface area contributed by atoms with Crippen molar-refractivity contribution < 1.29 is 24.5 Å². The number of nitrogens with two attached hydrogens (primary N) is 1. The first-order chi connectivity index (χ1) is 15.7. The van der Waals surface area contributed by atoms with Gasteiger partial charge < -0.3 is 25.4 Å². The molecule has 4 rings (SSSR count).